The number of nitrogens with zero attached hydrogens (tertiary/aromatic N) is 3. The van der Waals surface area contributed by atoms with E-state index in [4.69, 9.17) is 5.10 Å². The molecule has 244 valence electrons. The first-order chi connectivity index (χ1) is 24.3. The van der Waals surface area contributed by atoms with Crippen molar-refractivity contribution < 1.29 is 9.90 Å². The minimum Gasteiger partial charge on any atom is -0.478 e. The molecule has 8 rings (SSSR count). The van der Waals surface area contributed by atoms with Gasteiger partial charge >= 0.3 is 5.97 Å². The van der Waals surface area contributed by atoms with Gasteiger partial charge < -0.3 is 9.67 Å². The van der Waals surface area contributed by atoms with Crippen LogP contribution in [0.15, 0.2) is 136 Å². The lowest BCUT2D eigenvalue weighted by Crippen LogP contribution is -2.18. The molecule has 50 heavy (non-hydrogen) atoms. The van der Waals surface area contributed by atoms with Gasteiger partial charge in [-0.15, -0.1) is 11.3 Å². The van der Waals surface area contributed by atoms with Crippen LogP contribution in [0.25, 0.3) is 27.5 Å². The molecule has 0 bridgehead atoms. The third-order valence-electron chi connectivity index (χ3n) is 9.31. The van der Waals surface area contributed by atoms with Crippen LogP contribution in [0.1, 0.15) is 69.7 Å². The summed E-state index contributed by atoms with van der Waals surface area (Å²) in [5.41, 5.74) is 9.91. The number of carboxylic acid groups (broad SMARTS) is 1. The van der Waals surface area contributed by atoms with E-state index in [1.807, 2.05) is 36.4 Å². The Kier molecular flexibility index (Phi) is 8.36. The second-order valence-electron chi connectivity index (χ2n) is 12.8. The number of para-hydroxylation sites is 1. The van der Waals surface area contributed by atoms with Gasteiger partial charge in [-0.05, 0) is 117 Å². The number of hydrazone groups is 1. The predicted octanol–water partition coefficient (Wildman–Crippen LogP) is 11.2. The molecule has 1 aliphatic rings. The molecule has 0 radical (unpaired) electrons. The number of halogens is 1. The lowest BCUT2D eigenvalue weighted by molar-refractivity contribution is 0.0697. The minimum atomic E-state index is -0.942. The summed E-state index contributed by atoms with van der Waals surface area (Å²) in [5.74, 6) is 6.06. The third kappa shape index (κ3) is 6.02. The summed E-state index contributed by atoms with van der Waals surface area (Å²) >= 11 is 5.13. The zero-order chi connectivity index (χ0) is 34.4. The van der Waals surface area contributed by atoms with Gasteiger partial charge in [-0.2, -0.15) is 5.10 Å². The molecule has 7 heteroatoms. The van der Waals surface area contributed by atoms with E-state index in [1.165, 1.54) is 21.9 Å². The molecule has 0 spiro atoms. The first kappa shape index (κ1) is 31.8. The van der Waals surface area contributed by atoms with E-state index in [1.54, 1.807) is 23.5 Å². The van der Waals surface area contributed by atoms with Crippen molar-refractivity contribution in [1.29, 1.82) is 0 Å². The molecule has 0 fully saturated rings. The van der Waals surface area contributed by atoms with Gasteiger partial charge in [0.1, 0.15) is 0 Å². The highest BCUT2D eigenvalue weighted by Gasteiger charge is 2.31. The van der Waals surface area contributed by atoms with Gasteiger partial charge in [0, 0.05) is 28.4 Å². The summed E-state index contributed by atoms with van der Waals surface area (Å²) in [6.07, 6.45) is 0.669. The number of fused-ring (bicyclic) bond motifs is 3. The van der Waals surface area contributed by atoms with Crippen molar-refractivity contribution in [3.05, 3.63) is 164 Å². The van der Waals surface area contributed by atoms with Gasteiger partial charge in [0.25, 0.3) is 0 Å². The van der Waals surface area contributed by atoms with E-state index in [0.717, 1.165) is 48.0 Å². The minimum absolute atomic E-state index is 0.0682. The zero-order valence-electron chi connectivity index (χ0n) is 27.5. The van der Waals surface area contributed by atoms with Crippen LogP contribution < -0.4 is 5.01 Å². The van der Waals surface area contributed by atoms with Crippen LogP contribution in [0.4, 0.5) is 5.69 Å². The molecular formula is C43H32BrN3O2S. The number of aromatic nitrogens is 1. The van der Waals surface area contributed by atoms with Crippen LogP contribution in [0.3, 0.4) is 0 Å². The van der Waals surface area contributed by atoms with Crippen LogP contribution in [0.2, 0.25) is 0 Å². The summed E-state index contributed by atoms with van der Waals surface area (Å²) in [5, 5.41) is 19.1. The van der Waals surface area contributed by atoms with Gasteiger partial charge in [-0.1, -0.05) is 74.2 Å². The van der Waals surface area contributed by atoms with Crippen LogP contribution in [0, 0.1) is 11.8 Å². The molecular weight excluding hydrogens is 702 g/mol. The second-order valence-corrected chi connectivity index (χ2v) is 15.2. The monoisotopic (exact) mass is 733 g/mol. The van der Waals surface area contributed by atoms with Gasteiger partial charge in [0.2, 0.25) is 0 Å². The number of benzene rings is 5. The lowest BCUT2D eigenvalue weighted by Gasteiger charge is -2.24. The number of aromatic carboxylic acids is 1. The van der Waals surface area contributed by atoms with Gasteiger partial charge in [-0.25, -0.2) is 4.79 Å². The molecule has 1 N–H and O–H groups in total. The molecule has 1 aliphatic heterocycles. The molecule has 7 aromatic rings. The fraction of sp³-hybridized carbons (Fsp3) is 0.116. The van der Waals surface area contributed by atoms with Crippen molar-refractivity contribution in [3.8, 4) is 17.5 Å². The van der Waals surface area contributed by atoms with Crippen molar-refractivity contribution in [2.45, 2.75) is 32.2 Å². The summed E-state index contributed by atoms with van der Waals surface area (Å²) in [6, 6.07) is 43.5. The first-order valence-corrected chi connectivity index (χ1v) is 18.1. The smallest absolute Gasteiger partial charge is 0.335 e. The van der Waals surface area contributed by atoms with Gasteiger partial charge in [0.15, 0.2) is 0 Å². The largest absolute Gasteiger partial charge is 0.478 e. The maximum absolute atomic E-state index is 11.5. The molecule has 1 unspecified atom stereocenters. The Morgan fingerprint density at radius 2 is 1.54 bits per heavy atom. The van der Waals surface area contributed by atoms with E-state index >= 15 is 0 Å². The molecule has 0 saturated carbocycles. The standard InChI is InChI=1S/C43H32BrN3O2S/c1-27(2)29-14-19-33(20-15-29)46-39-6-4-3-5-36(39)37-25-32(16-23-40(37)46)41-26-38(30-10-12-31(13-11-30)43(48)49)45-47(41)34-17-7-28(8-18-34)9-21-35-22-24-42(44)50-35/h3-8,10-20,22-25,27,41H,26H2,1-2H3,(H,48,49). The molecule has 0 amide bonds. The van der Waals surface area contributed by atoms with Crippen LogP contribution >= 0.6 is 27.3 Å². The van der Waals surface area contributed by atoms with E-state index in [9.17, 15) is 9.90 Å². The van der Waals surface area contributed by atoms with Gasteiger partial charge in [-0.3, -0.25) is 5.01 Å². The maximum Gasteiger partial charge on any atom is 0.335 e. The first-order valence-electron chi connectivity index (χ1n) is 16.5. The molecule has 0 saturated heterocycles. The van der Waals surface area contributed by atoms with Crippen LogP contribution in [0.5, 0.6) is 0 Å². The summed E-state index contributed by atoms with van der Waals surface area (Å²) in [4.78, 5) is 12.6. The van der Waals surface area contributed by atoms with Gasteiger partial charge in [0.05, 0.1) is 42.7 Å². The number of hydrogen-bond donors (Lipinski definition) is 1. The number of hydrogen-bond acceptors (Lipinski definition) is 4. The molecule has 2 aromatic heterocycles. The van der Waals surface area contributed by atoms with Crippen LogP contribution in [-0.2, 0) is 0 Å². The van der Waals surface area contributed by atoms with Crippen molar-refractivity contribution in [1.82, 2.24) is 4.57 Å². The molecule has 3 heterocycles. The Hall–Kier alpha value is -5.42. The zero-order valence-corrected chi connectivity index (χ0v) is 29.9. The Labute approximate surface area is 303 Å². The highest BCUT2D eigenvalue weighted by molar-refractivity contribution is 9.11. The number of carboxylic acids is 1. The lowest BCUT2D eigenvalue weighted by atomic mass is 9.96. The third-order valence-corrected chi connectivity index (χ3v) is 10.8. The van der Waals surface area contributed by atoms with E-state index in [0.29, 0.717) is 12.3 Å². The Balaban J connectivity index is 1.20. The number of rotatable bonds is 6. The molecule has 5 aromatic carbocycles. The fourth-order valence-electron chi connectivity index (χ4n) is 6.68. The maximum atomic E-state index is 11.5. The van der Waals surface area contributed by atoms with E-state index in [2.05, 4.69) is 130 Å². The number of carbonyl (C=O) groups is 1. The summed E-state index contributed by atoms with van der Waals surface area (Å²) in [7, 11) is 0. The van der Waals surface area contributed by atoms with E-state index in [-0.39, 0.29) is 11.6 Å². The summed E-state index contributed by atoms with van der Waals surface area (Å²) in [6.45, 7) is 4.44. The highest BCUT2D eigenvalue weighted by Crippen LogP contribution is 2.40. The quantitative estimate of drug-likeness (QED) is 0.173. The second kappa shape index (κ2) is 13.1. The highest BCUT2D eigenvalue weighted by atomic mass is 79.9. The number of anilines is 1. The Bertz CT molecular complexity index is 2480. The normalized spacial score (nSPS) is 14.3. The predicted molar refractivity (Wildman–Crippen MR) is 209 cm³/mol. The average Bonchev–Trinajstić information content (AvgIpc) is 3.86. The SMILES string of the molecule is CC(C)c1ccc(-n2c3ccccc3c3cc(C4CC(c5ccc(C(=O)O)cc5)=NN4c4ccc(C#Cc5ccc(Br)s5)cc4)ccc32)cc1. The van der Waals surface area contributed by atoms with Crippen molar-refractivity contribution >= 4 is 66.4 Å². The Morgan fingerprint density at radius 1 is 0.820 bits per heavy atom. The van der Waals surface area contributed by atoms with Crippen molar-refractivity contribution in [2.24, 2.45) is 5.10 Å². The van der Waals surface area contributed by atoms with Crippen molar-refractivity contribution in [2.75, 3.05) is 5.01 Å². The summed E-state index contributed by atoms with van der Waals surface area (Å²) < 4.78 is 3.41. The van der Waals surface area contributed by atoms with Crippen molar-refractivity contribution in [3.63, 3.8) is 0 Å². The molecule has 0 aliphatic carbocycles. The van der Waals surface area contributed by atoms with Crippen LogP contribution in [-0.4, -0.2) is 21.4 Å². The number of thiophene rings is 1. The molecule has 1 atom stereocenters. The topological polar surface area (TPSA) is 57.8 Å². The fourth-order valence-corrected chi connectivity index (χ4v) is 7.92. The average molecular weight is 735 g/mol. The molecule has 5 nitrogen and oxygen atoms in total. The Morgan fingerprint density at radius 3 is 2.24 bits per heavy atom. The van der Waals surface area contributed by atoms with E-state index < -0.39 is 5.97 Å².